The highest BCUT2D eigenvalue weighted by atomic mass is 35.5. The molecular weight excluding hydrogens is 314 g/mol. The first-order valence-corrected chi connectivity index (χ1v) is 8.16. The van der Waals surface area contributed by atoms with Gasteiger partial charge in [-0.2, -0.15) is 0 Å². The predicted molar refractivity (Wildman–Crippen MR) is 94.4 cm³/mol. The molecule has 0 aliphatic heterocycles. The summed E-state index contributed by atoms with van der Waals surface area (Å²) in [6, 6.07) is 6.99. The van der Waals surface area contributed by atoms with Gasteiger partial charge in [0, 0.05) is 23.7 Å². The molecule has 6 heteroatoms. The van der Waals surface area contributed by atoms with Crippen molar-refractivity contribution in [2.45, 2.75) is 27.7 Å². The van der Waals surface area contributed by atoms with Gasteiger partial charge >= 0.3 is 0 Å². The van der Waals surface area contributed by atoms with E-state index in [9.17, 15) is 4.79 Å². The van der Waals surface area contributed by atoms with Crippen molar-refractivity contribution in [1.29, 1.82) is 0 Å². The van der Waals surface area contributed by atoms with Crippen LogP contribution >= 0.6 is 11.6 Å². The number of amidine groups is 1. The average Bonchev–Trinajstić information content (AvgIpc) is 2.45. The van der Waals surface area contributed by atoms with E-state index in [0.717, 1.165) is 0 Å². The quantitative estimate of drug-likeness (QED) is 0.449. The van der Waals surface area contributed by atoms with Crippen molar-refractivity contribution in [3.05, 3.63) is 34.9 Å². The first kappa shape index (κ1) is 19.3. The zero-order chi connectivity index (χ0) is 17.4. The summed E-state index contributed by atoms with van der Waals surface area (Å²) in [5.74, 6) is 0.907. The summed E-state index contributed by atoms with van der Waals surface area (Å²) in [6.07, 6.45) is 0. The smallest absolute Gasteiger partial charge is 0.263 e. The van der Waals surface area contributed by atoms with E-state index in [0.29, 0.717) is 35.5 Å². The lowest BCUT2D eigenvalue weighted by molar-refractivity contribution is -0.137. The Bertz CT molecular complexity index is 534. The van der Waals surface area contributed by atoms with Gasteiger partial charge in [0.2, 0.25) is 0 Å². The molecule has 0 saturated heterocycles. The van der Waals surface area contributed by atoms with Gasteiger partial charge in [-0.1, -0.05) is 56.6 Å². The second-order valence-corrected chi connectivity index (χ2v) is 6.78. The average molecular weight is 340 g/mol. The second kappa shape index (κ2) is 9.40. The molecule has 0 radical (unpaired) electrons. The lowest BCUT2D eigenvalue weighted by Crippen LogP contribution is -2.39. The summed E-state index contributed by atoms with van der Waals surface area (Å²) < 4.78 is 0. The van der Waals surface area contributed by atoms with E-state index in [-0.39, 0.29) is 18.3 Å². The van der Waals surface area contributed by atoms with Crippen LogP contribution in [0.1, 0.15) is 33.3 Å². The fraction of sp³-hybridized carbons (Fsp3) is 0.529. The van der Waals surface area contributed by atoms with E-state index in [1.165, 1.54) is 0 Å². The monoisotopic (exact) mass is 339 g/mol. The minimum atomic E-state index is -0.124. The Hall–Kier alpha value is -1.75. The summed E-state index contributed by atoms with van der Waals surface area (Å²) in [7, 11) is 0. The molecule has 0 aliphatic carbocycles. The minimum absolute atomic E-state index is 0.0879. The Balaban J connectivity index is 2.60. The van der Waals surface area contributed by atoms with Crippen LogP contribution in [0, 0.1) is 11.8 Å². The van der Waals surface area contributed by atoms with Crippen LogP contribution in [0.3, 0.4) is 0 Å². The highest BCUT2D eigenvalue weighted by Gasteiger charge is 2.16. The number of amides is 1. The van der Waals surface area contributed by atoms with Crippen LogP contribution in [0.15, 0.2) is 29.4 Å². The largest absolute Gasteiger partial charge is 0.384 e. The van der Waals surface area contributed by atoms with Crippen molar-refractivity contribution >= 4 is 23.3 Å². The number of carbonyl (C=O) groups excluding carboxylic acids is 1. The number of hydrogen-bond donors (Lipinski definition) is 1. The summed E-state index contributed by atoms with van der Waals surface area (Å²) in [6.45, 7) is 9.60. The Morgan fingerprint density at radius 1 is 1.26 bits per heavy atom. The van der Waals surface area contributed by atoms with E-state index < -0.39 is 0 Å². The maximum Gasteiger partial charge on any atom is 0.263 e. The normalized spacial score (nSPS) is 11.9. The van der Waals surface area contributed by atoms with Gasteiger partial charge in [-0.25, -0.2) is 0 Å². The fourth-order valence-electron chi connectivity index (χ4n) is 2.11. The molecule has 1 rings (SSSR count). The van der Waals surface area contributed by atoms with Gasteiger partial charge < -0.3 is 15.5 Å². The minimum Gasteiger partial charge on any atom is -0.384 e. The molecule has 2 N–H and O–H groups in total. The fourth-order valence-corrected chi connectivity index (χ4v) is 2.30. The summed E-state index contributed by atoms with van der Waals surface area (Å²) in [5, 5.41) is 4.37. The van der Waals surface area contributed by atoms with Gasteiger partial charge in [-0.3, -0.25) is 4.79 Å². The molecule has 0 unspecified atom stereocenters. The molecule has 0 bridgehead atoms. The zero-order valence-corrected chi connectivity index (χ0v) is 15.0. The number of carbonyl (C=O) groups is 1. The molecule has 0 aliphatic rings. The van der Waals surface area contributed by atoms with E-state index in [1.807, 2.05) is 0 Å². The molecule has 5 nitrogen and oxygen atoms in total. The number of halogens is 1. The second-order valence-electron chi connectivity index (χ2n) is 6.35. The van der Waals surface area contributed by atoms with Crippen LogP contribution in [-0.2, 0) is 9.63 Å². The van der Waals surface area contributed by atoms with Gasteiger partial charge in [0.15, 0.2) is 12.4 Å². The molecule has 23 heavy (non-hydrogen) atoms. The molecule has 1 amide bonds. The maximum absolute atomic E-state index is 12.3. The van der Waals surface area contributed by atoms with Crippen LogP contribution in [-0.4, -0.2) is 36.3 Å². The highest BCUT2D eigenvalue weighted by Crippen LogP contribution is 2.10. The van der Waals surface area contributed by atoms with Gasteiger partial charge in [0.1, 0.15) is 0 Å². The number of benzene rings is 1. The Morgan fingerprint density at radius 3 is 2.39 bits per heavy atom. The molecule has 0 spiro atoms. The van der Waals surface area contributed by atoms with Crippen LogP contribution in [0.5, 0.6) is 0 Å². The lowest BCUT2D eigenvalue weighted by atomic mass is 10.1. The number of nitrogens with two attached hydrogens (primary N) is 1. The van der Waals surface area contributed by atoms with Crippen molar-refractivity contribution in [3.8, 4) is 0 Å². The molecule has 0 heterocycles. The molecule has 1 aromatic carbocycles. The van der Waals surface area contributed by atoms with Crippen LogP contribution in [0.4, 0.5) is 0 Å². The first-order chi connectivity index (χ1) is 10.8. The van der Waals surface area contributed by atoms with Gasteiger partial charge in [-0.15, -0.1) is 0 Å². The number of nitrogens with zero attached hydrogens (tertiary/aromatic N) is 2. The van der Waals surface area contributed by atoms with Crippen molar-refractivity contribution < 1.29 is 9.63 Å². The third-order valence-corrected chi connectivity index (χ3v) is 3.23. The van der Waals surface area contributed by atoms with Crippen LogP contribution in [0.25, 0.3) is 0 Å². The van der Waals surface area contributed by atoms with Gasteiger partial charge in [-0.05, 0) is 24.0 Å². The predicted octanol–water partition coefficient (Wildman–Crippen LogP) is 3.12. The molecule has 128 valence electrons. The van der Waals surface area contributed by atoms with Gasteiger partial charge in [0.05, 0.1) is 0 Å². The SMILES string of the molecule is CC(C)CN(CC(C)C)C(=O)CO/N=C(\N)c1cccc(Cl)c1. The third kappa shape index (κ3) is 7.37. The topological polar surface area (TPSA) is 67.9 Å². The van der Waals surface area contributed by atoms with E-state index in [4.69, 9.17) is 22.2 Å². The molecule has 0 fully saturated rings. The third-order valence-electron chi connectivity index (χ3n) is 3.00. The Kier molecular flexibility index (Phi) is 7.89. The summed E-state index contributed by atoms with van der Waals surface area (Å²) in [4.78, 5) is 19.2. The molecule has 1 aromatic rings. The number of rotatable bonds is 8. The highest BCUT2D eigenvalue weighted by molar-refractivity contribution is 6.31. The first-order valence-electron chi connectivity index (χ1n) is 7.78. The van der Waals surface area contributed by atoms with Crippen molar-refractivity contribution in [2.24, 2.45) is 22.7 Å². The molecule has 0 aromatic heterocycles. The molecular formula is C17H26ClN3O2. The zero-order valence-electron chi connectivity index (χ0n) is 14.3. The van der Waals surface area contributed by atoms with Gasteiger partial charge in [0.25, 0.3) is 5.91 Å². The maximum atomic E-state index is 12.3. The van der Waals surface area contributed by atoms with Crippen LogP contribution < -0.4 is 5.73 Å². The van der Waals surface area contributed by atoms with Crippen molar-refractivity contribution in [1.82, 2.24) is 4.90 Å². The van der Waals surface area contributed by atoms with E-state index in [2.05, 4.69) is 32.9 Å². The van der Waals surface area contributed by atoms with Crippen molar-refractivity contribution in [3.63, 3.8) is 0 Å². The lowest BCUT2D eigenvalue weighted by Gasteiger charge is -2.25. The Morgan fingerprint density at radius 2 is 1.87 bits per heavy atom. The molecule has 0 saturated carbocycles. The van der Waals surface area contributed by atoms with Crippen molar-refractivity contribution in [2.75, 3.05) is 19.7 Å². The summed E-state index contributed by atoms with van der Waals surface area (Å²) in [5.41, 5.74) is 6.49. The van der Waals surface area contributed by atoms with E-state index in [1.54, 1.807) is 29.2 Å². The van der Waals surface area contributed by atoms with Crippen LogP contribution in [0.2, 0.25) is 5.02 Å². The molecule has 0 atom stereocenters. The number of oxime groups is 1. The standard InChI is InChI=1S/C17H26ClN3O2/c1-12(2)9-21(10-13(3)4)16(22)11-23-20-17(19)14-6-5-7-15(18)8-14/h5-8,12-13H,9-11H2,1-4H3,(H2,19,20). The number of hydrogen-bond acceptors (Lipinski definition) is 3. The Labute approximate surface area is 143 Å². The summed E-state index contributed by atoms with van der Waals surface area (Å²) >= 11 is 5.90. The van der Waals surface area contributed by atoms with E-state index >= 15 is 0 Å².